The molecule has 0 aromatic heterocycles. The van der Waals surface area contributed by atoms with E-state index in [0.717, 1.165) is 25.9 Å². The number of benzene rings is 1. The highest BCUT2D eigenvalue weighted by Gasteiger charge is 2.29. The fourth-order valence-corrected chi connectivity index (χ4v) is 3.42. The average Bonchev–Trinajstić information content (AvgIpc) is 2.64. The second kappa shape index (κ2) is 9.15. The van der Waals surface area contributed by atoms with E-state index in [9.17, 15) is 14.0 Å². The molecule has 2 aliphatic heterocycles. The van der Waals surface area contributed by atoms with Gasteiger partial charge in [0, 0.05) is 32.1 Å². The maximum absolute atomic E-state index is 13.7. The third-order valence-electron chi connectivity index (χ3n) is 4.93. The zero-order chi connectivity index (χ0) is 16.9. The summed E-state index contributed by atoms with van der Waals surface area (Å²) in [5.74, 6) is -0.0794. The highest BCUT2D eigenvalue weighted by molar-refractivity contribution is 5.85. The summed E-state index contributed by atoms with van der Waals surface area (Å²) in [6.07, 6.45) is 1.87. The molecule has 0 aliphatic carbocycles. The molecular formula is C18H25ClFN3O2. The molecule has 1 aromatic rings. The van der Waals surface area contributed by atoms with Crippen LogP contribution in [-0.4, -0.2) is 60.9 Å². The number of nitrogens with one attached hydrogen (secondary N) is 1. The van der Waals surface area contributed by atoms with Crippen molar-refractivity contribution >= 4 is 24.2 Å². The van der Waals surface area contributed by atoms with E-state index in [1.54, 1.807) is 23.1 Å². The second-order valence-corrected chi connectivity index (χ2v) is 6.50. The van der Waals surface area contributed by atoms with Gasteiger partial charge in [-0.3, -0.25) is 9.59 Å². The number of hydrogen-bond donors (Lipinski definition) is 1. The zero-order valence-corrected chi connectivity index (χ0v) is 15.1. The van der Waals surface area contributed by atoms with Crippen LogP contribution in [0.2, 0.25) is 0 Å². The molecule has 0 saturated carbocycles. The van der Waals surface area contributed by atoms with Crippen molar-refractivity contribution in [3.8, 4) is 0 Å². The first kappa shape index (κ1) is 19.7. The minimum absolute atomic E-state index is 0. The van der Waals surface area contributed by atoms with Gasteiger partial charge in [0.1, 0.15) is 5.82 Å². The molecule has 2 aliphatic rings. The van der Waals surface area contributed by atoms with Crippen LogP contribution in [0.4, 0.5) is 4.39 Å². The number of piperidine rings is 1. The normalized spacial score (nSPS) is 18.6. The van der Waals surface area contributed by atoms with Gasteiger partial charge in [0.25, 0.3) is 0 Å². The first-order chi connectivity index (χ1) is 11.6. The molecule has 25 heavy (non-hydrogen) atoms. The summed E-state index contributed by atoms with van der Waals surface area (Å²) < 4.78 is 13.7. The number of rotatable bonds is 3. The molecule has 2 amide bonds. The van der Waals surface area contributed by atoms with Crippen molar-refractivity contribution in [2.24, 2.45) is 5.92 Å². The fourth-order valence-electron chi connectivity index (χ4n) is 3.42. The summed E-state index contributed by atoms with van der Waals surface area (Å²) in [4.78, 5) is 28.5. The molecule has 1 N–H and O–H groups in total. The van der Waals surface area contributed by atoms with Gasteiger partial charge in [-0.2, -0.15) is 0 Å². The van der Waals surface area contributed by atoms with E-state index < -0.39 is 0 Å². The number of amides is 2. The molecule has 5 nitrogen and oxygen atoms in total. The number of carbonyl (C=O) groups excluding carboxylic acids is 2. The average molecular weight is 370 g/mol. The Balaban J connectivity index is 0.00000225. The summed E-state index contributed by atoms with van der Waals surface area (Å²) in [6, 6.07) is 6.37. The van der Waals surface area contributed by atoms with E-state index in [4.69, 9.17) is 0 Å². The van der Waals surface area contributed by atoms with Crippen LogP contribution in [-0.2, 0) is 16.0 Å². The Morgan fingerprint density at radius 2 is 1.64 bits per heavy atom. The summed E-state index contributed by atoms with van der Waals surface area (Å²) >= 11 is 0. The number of nitrogens with zero attached hydrogens (tertiary/aromatic N) is 2. The Bertz CT molecular complexity index is 600. The minimum Gasteiger partial charge on any atom is -0.339 e. The lowest BCUT2D eigenvalue weighted by Crippen LogP contribution is -2.53. The maximum Gasteiger partial charge on any atom is 0.227 e. The Hall–Kier alpha value is -1.66. The largest absolute Gasteiger partial charge is 0.339 e. The maximum atomic E-state index is 13.7. The summed E-state index contributed by atoms with van der Waals surface area (Å²) in [5.41, 5.74) is 0.427. The number of piperazine rings is 1. The molecule has 7 heteroatoms. The third-order valence-corrected chi connectivity index (χ3v) is 4.93. The SMILES string of the molecule is Cl.O=C(Cc1ccccc1F)N1CCN(C(=O)C2CCNCC2)CC1. The monoisotopic (exact) mass is 369 g/mol. The Morgan fingerprint density at radius 1 is 1.04 bits per heavy atom. The van der Waals surface area contributed by atoms with Crippen LogP contribution < -0.4 is 5.32 Å². The quantitative estimate of drug-likeness (QED) is 0.877. The first-order valence-electron chi connectivity index (χ1n) is 8.66. The number of carbonyl (C=O) groups is 2. The summed E-state index contributed by atoms with van der Waals surface area (Å²) in [6.45, 7) is 4.01. The number of hydrogen-bond acceptors (Lipinski definition) is 3. The van der Waals surface area contributed by atoms with Gasteiger partial charge in [0.05, 0.1) is 6.42 Å². The topological polar surface area (TPSA) is 52.7 Å². The molecule has 0 bridgehead atoms. The van der Waals surface area contributed by atoms with Gasteiger partial charge in [0.2, 0.25) is 11.8 Å². The van der Waals surface area contributed by atoms with Crippen molar-refractivity contribution in [3.63, 3.8) is 0 Å². The van der Waals surface area contributed by atoms with Crippen molar-refractivity contribution in [2.45, 2.75) is 19.3 Å². The molecule has 0 radical (unpaired) electrons. The highest BCUT2D eigenvalue weighted by Crippen LogP contribution is 2.17. The minimum atomic E-state index is -0.342. The molecule has 2 heterocycles. The van der Waals surface area contributed by atoms with Gasteiger partial charge in [-0.25, -0.2) is 4.39 Å². The molecule has 1 aromatic carbocycles. The molecule has 2 fully saturated rings. The van der Waals surface area contributed by atoms with E-state index >= 15 is 0 Å². The van der Waals surface area contributed by atoms with E-state index in [0.29, 0.717) is 31.7 Å². The summed E-state index contributed by atoms with van der Waals surface area (Å²) in [5, 5.41) is 3.27. The van der Waals surface area contributed by atoms with E-state index in [2.05, 4.69) is 5.32 Å². The standard InChI is InChI=1S/C18H24FN3O2.ClH/c19-16-4-2-1-3-15(16)13-17(23)21-9-11-22(12-10-21)18(24)14-5-7-20-8-6-14;/h1-4,14,20H,5-13H2;1H. The van der Waals surface area contributed by atoms with Gasteiger partial charge in [-0.05, 0) is 37.6 Å². The highest BCUT2D eigenvalue weighted by atomic mass is 35.5. The predicted octanol–water partition coefficient (Wildman–Crippen LogP) is 1.46. The van der Waals surface area contributed by atoms with E-state index in [-0.39, 0.29) is 42.4 Å². The molecule has 0 unspecified atom stereocenters. The van der Waals surface area contributed by atoms with Crippen molar-refractivity contribution in [3.05, 3.63) is 35.6 Å². The van der Waals surface area contributed by atoms with Gasteiger partial charge in [-0.1, -0.05) is 18.2 Å². The van der Waals surface area contributed by atoms with Crippen LogP contribution in [0.5, 0.6) is 0 Å². The smallest absolute Gasteiger partial charge is 0.227 e. The van der Waals surface area contributed by atoms with Crippen molar-refractivity contribution in [1.82, 2.24) is 15.1 Å². The molecule has 2 saturated heterocycles. The zero-order valence-electron chi connectivity index (χ0n) is 14.2. The van der Waals surface area contributed by atoms with Crippen LogP contribution in [0, 0.1) is 11.7 Å². The predicted molar refractivity (Wildman–Crippen MR) is 96.1 cm³/mol. The van der Waals surface area contributed by atoms with Crippen LogP contribution in [0.25, 0.3) is 0 Å². The van der Waals surface area contributed by atoms with E-state index in [1.807, 2.05) is 4.90 Å². The van der Waals surface area contributed by atoms with Crippen LogP contribution in [0.1, 0.15) is 18.4 Å². The molecule has 0 spiro atoms. The van der Waals surface area contributed by atoms with Crippen molar-refractivity contribution in [1.29, 1.82) is 0 Å². The molecule has 138 valence electrons. The van der Waals surface area contributed by atoms with Crippen molar-refractivity contribution in [2.75, 3.05) is 39.3 Å². The lowest BCUT2D eigenvalue weighted by Gasteiger charge is -2.37. The lowest BCUT2D eigenvalue weighted by atomic mass is 9.96. The fraction of sp³-hybridized carbons (Fsp3) is 0.556. The Kier molecular flexibility index (Phi) is 7.20. The third kappa shape index (κ3) is 4.92. The van der Waals surface area contributed by atoms with Crippen molar-refractivity contribution < 1.29 is 14.0 Å². The first-order valence-corrected chi connectivity index (χ1v) is 8.66. The van der Waals surface area contributed by atoms with E-state index in [1.165, 1.54) is 6.07 Å². The summed E-state index contributed by atoms with van der Waals surface area (Å²) in [7, 11) is 0. The Labute approximate surface area is 154 Å². The second-order valence-electron chi connectivity index (χ2n) is 6.50. The lowest BCUT2D eigenvalue weighted by molar-refractivity contribution is -0.142. The van der Waals surface area contributed by atoms with Gasteiger partial charge in [-0.15, -0.1) is 12.4 Å². The van der Waals surface area contributed by atoms with Gasteiger partial charge >= 0.3 is 0 Å². The molecular weight excluding hydrogens is 345 g/mol. The molecule has 0 atom stereocenters. The van der Waals surface area contributed by atoms with Gasteiger partial charge in [0.15, 0.2) is 0 Å². The molecule has 3 rings (SSSR count). The Morgan fingerprint density at radius 3 is 2.28 bits per heavy atom. The van der Waals surface area contributed by atoms with Crippen LogP contribution in [0.15, 0.2) is 24.3 Å². The number of halogens is 2. The van der Waals surface area contributed by atoms with Gasteiger partial charge < -0.3 is 15.1 Å². The van der Waals surface area contributed by atoms with Crippen LogP contribution >= 0.6 is 12.4 Å². The van der Waals surface area contributed by atoms with Crippen LogP contribution in [0.3, 0.4) is 0 Å².